The lowest BCUT2D eigenvalue weighted by Crippen LogP contribution is -2.51. The van der Waals surface area contributed by atoms with Gasteiger partial charge < -0.3 is 11.1 Å². The van der Waals surface area contributed by atoms with E-state index in [0.717, 1.165) is 31.2 Å². The highest BCUT2D eigenvalue weighted by atomic mass is 16.2. The summed E-state index contributed by atoms with van der Waals surface area (Å²) in [6, 6.07) is 8.08. The summed E-state index contributed by atoms with van der Waals surface area (Å²) in [5.74, 6) is -0.00162. The van der Waals surface area contributed by atoms with Crippen LogP contribution in [-0.2, 0) is 11.3 Å². The van der Waals surface area contributed by atoms with Crippen molar-refractivity contribution in [3.63, 3.8) is 0 Å². The molecule has 92 valence electrons. The molecular formula is C14H20N2O. The topological polar surface area (TPSA) is 55.1 Å². The molecule has 1 fully saturated rings. The molecule has 0 aliphatic heterocycles. The first-order valence-electron chi connectivity index (χ1n) is 6.23. The molecule has 3 nitrogen and oxygen atoms in total. The Kier molecular flexibility index (Phi) is 3.48. The summed E-state index contributed by atoms with van der Waals surface area (Å²) in [5, 5.41) is 2.96. The van der Waals surface area contributed by atoms with Crippen LogP contribution in [-0.4, -0.2) is 11.4 Å². The van der Waals surface area contributed by atoms with Gasteiger partial charge in [-0.15, -0.1) is 0 Å². The summed E-state index contributed by atoms with van der Waals surface area (Å²) >= 11 is 0. The molecule has 3 N–H and O–H groups in total. The van der Waals surface area contributed by atoms with Gasteiger partial charge in [0.1, 0.15) is 0 Å². The third-order valence-corrected chi connectivity index (χ3v) is 3.65. The lowest BCUT2D eigenvalue weighted by molar-refractivity contribution is -0.126. The van der Waals surface area contributed by atoms with Crippen molar-refractivity contribution in [1.82, 2.24) is 5.32 Å². The number of rotatable bonds is 3. The molecule has 0 aromatic heterocycles. The van der Waals surface area contributed by atoms with E-state index in [1.807, 2.05) is 18.2 Å². The zero-order chi connectivity index (χ0) is 12.3. The standard InChI is InChI=1S/C14H20N2O/c1-11-6-2-3-7-12(11)10-16-13(17)14(15)8-4-5-9-14/h2-3,6-7H,4-5,8-10,15H2,1H3,(H,16,17). The molecule has 2 rings (SSSR count). The maximum absolute atomic E-state index is 12.0. The minimum atomic E-state index is -0.622. The van der Waals surface area contributed by atoms with E-state index in [9.17, 15) is 4.79 Å². The first-order valence-corrected chi connectivity index (χ1v) is 6.23. The van der Waals surface area contributed by atoms with Gasteiger partial charge in [-0.05, 0) is 30.9 Å². The molecule has 1 amide bonds. The van der Waals surface area contributed by atoms with Gasteiger partial charge >= 0.3 is 0 Å². The maximum atomic E-state index is 12.0. The monoisotopic (exact) mass is 232 g/mol. The molecule has 0 spiro atoms. The molecule has 1 aliphatic carbocycles. The van der Waals surface area contributed by atoms with Gasteiger partial charge in [-0.1, -0.05) is 37.1 Å². The van der Waals surface area contributed by atoms with Crippen molar-refractivity contribution in [2.24, 2.45) is 5.73 Å². The van der Waals surface area contributed by atoms with Gasteiger partial charge in [0.25, 0.3) is 0 Å². The normalized spacial score (nSPS) is 18.0. The fraction of sp³-hybridized carbons (Fsp3) is 0.500. The van der Waals surface area contributed by atoms with Crippen LogP contribution in [0.4, 0.5) is 0 Å². The smallest absolute Gasteiger partial charge is 0.240 e. The number of nitrogens with one attached hydrogen (secondary N) is 1. The Morgan fingerprint density at radius 1 is 1.35 bits per heavy atom. The second-order valence-electron chi connectivity index (χ2n) is 4.97. The van der Waals surface area contributed by atoms with Gasteiger partial charge in [0.05, 0.1) is 5.54 Å². The molecule has 0 heterocycles. The summed E-state index contributed by atoms with van der Waals surface area (Å²) in [6.07, 6.45) is 3.75. The van der Waals surface area contributed by atoms with Crippen molar-refractivity contribution >= 4 is 5.91 Å². The number of aryl methyl sites for hydroxylation is 1. The summed E-state index contributed by atoms with van der Waals surface area (Å²) in [7, 11) is 0. The molecule has 1 aromatic rings. The average Bonchev–Trinajstić information content (AvgIpc) is 2.76. The van der Waals surface area contributed by atoms with Crippen LogP contribution in [0.25, 0.3) is 0 Å². The minimum absolute atomic E-state index is 0.00162. The van der Waals surface area contributed by atoms with Crippen LogP contribution in [0, 0.1) is 6.92 Å². The fourth-order valence-corrected chi connectivity index (χ4v) is 2.39. The number of hydrogen-bond acceptors (Lipinski definition) is 2. The van der Waals surface area contributed by atoms with Crippen LogP contribution < -0.4 is 11.1 Å². The van der Waals surface area contributed by atoms with Gasteiger partial charge in [-0.25, -0.2) is 0 Å². The van der Waals surface area contributed by atoms with Gasteiger partial charge in [-0.3, -0.25) is 4.79 Å². The van der Waals surface area contributed by atoms with E-state index in [0.29, 0.717) is 6.54 Å². The molecule has 1 saturated carbocycles. The zero-order valence-corrected chi connectivity index (χ0v) is 10.3. The van der Waals surface area contributed by atoms with Crippen molar-refractivity contribution < 1.29 is 4.79 Å². The predicted octanol–water partition coefficient (Wildman–Crippen LogP) is 1.88. The Labute approximate surface area is 102 Å². The molecular weight excluding hydrogens is 212 g/mol. The number of hydrogen-bond donors (Lipinski definition) is 2. The average molecular weight is 232 g/mol. The number of benzene rings is 1. The van der Waals surface area contributed by atoms with E-state index in [4.69, 9.17) is 5.73 Å². The first kappa shape index (κ1) is 12.1. The molecule has 17 heavy (non-hydrogen) atoms. The lowest BCUT2D eigenvalue weighted by Gasteiger charge is -2.22. The van der Waals surface area contributed by atoms with Gasteiger partial charge in [0.15, 0.2) is 0 Å². The Morgan fingerprint density at radius 2 is 2.00 bits per heavy atom. The van der Waals surface area contributed by atoms with Crippen LogP contribution in [0.15, 0.2) is 24.3 Å². The first-order chi connectivity index (χ1) is 8.12. The SMILES string of the molecule is Cc1ccccc1CNC(=O)C1(N)CCCC1. The summed E-state index contributed by atoms with van der Waals surface area (Å²) in [4.78, 5) is 12.0. The summed E-state index contributed by atoms with van der Waals surface area (Å²) < 4.78 is 0. The van der Waals surface area contributed by atoms with E-state index in [1.54, 1.807) is 0 Å². The third kappa shape index (κ3) is 2.67. The van der Waals surface area contributed by atoms with Crippen LogP contribution >= 0.6 is 0 Å². The Morgan fingerprint density at radius 3 is 2.65 bits per heavy atom. The molecule has 1 aliphatic rings. The molecule has 0 unspecified atom stereocenters. The van der Waals surface area contributed by atoms with Crippen molar-refractivity contribution in [2.45, 2.75) is 44.7 Å². The second kappa shape index (κ2) is 4.88. The molecule has 1 aromatic carbocycles. The predicted molar refractivity (Wildman–Crippen MR) is 68.4 cm³/mol. The number of nitrogens with two attached hydrogens (primary N) is 1. The third-order valence-electron chi connectivity index (χ3n) is 3.65. The van der Waals surface area contributed by atoms with Gasteiger partial charge in [0, 0.05) is 6.54 Å². The van der Waals surface area contributed by atoms with Crippen LogP contribution in [0.1, 0.15) is 36.8 Å². The number of carbonyl (C=O) groups is 1. The van der Waals surface area contributed by atoms with Crippen molar-refractivity contribution in [3.05, 3.63) is 35.4 Å². The van der Waals surface area contributed by atoms with Crippen molar-refractivity contribution in [2.75, 3.05) is 0 Å². The molecule has 0 radical (unpaired) electrons. The van der Waals surface area contributed by atoms with E-state index >= 15 is 0 Å². The molecule has 0 bridgehead atoms. The number of carbonyl (C=O) groups excluding carboxylic acids is 1. The Hall–Kier alpha value is -1.35. The van der Waals surface area contributed by atoms with Crippen LogP contribution in [0.5, 0.6) is 0 Å². The summed E-state index contributed by atoms with van der Waals surface area (Å²) in [5.41, 5.74) is 7.82. The highest BCUT2D eigenvalue weighted by molar-refractivity contribution is 5.86. The van der Waals surface area contributed by atoms with E-state index in [2.05, 4.69) is 18.3 Å². The maximum Gasteiger partial charge on any atom is 0.240 e. The molecule has 0 atom stereocenters. The van der Waals surface area contributed by atoms with Crippen molar-refractivity contribution in [1.29, 1.82) is 0 Å². The highest BCUT2D eigenvalue weighted by Crippen LogP contribution is 2.27. The Bertz CT molecular complexity index is 408. The summed E-state index contributed by atoms with van der Waals surface area (Å²) in [6.45, 7) is 2.62. The highest BCUT2D eigenvalue weighted by Gasteiger charge is 2.36. The van der Waals surface area contributed by atoms with Gasteiger partial charge in [0.2, 0.25) is 5.91 Å². The van der Waals surface area contributed by atoms with E-state index in [1.165, 1.54) is 5.56 Å². The van der Waals surface area contributed by atoms with Crippen LogP contribution in [0.2, 0.25) is 0 Å². The molecule has 0 saturated heterocycles. The fourth-order valence-electron chi connectivity index (χ4n) is 2.39. The molecule has 3 heteroatoms. The van der Waals surface area contributed by atoms with Gasteiger partial charge in [-0.2, -0.15) is 0 Å². The van der Waals surface area contributed by atoms with E-state index < -0.39 is 5.54 Å². The zero-order valence-electron chi connectivity index (χ0n) is 10.3. The van der Waals surface area contributed by atoms with E-state index in [-0.39, 0.29) is 5.91 Å². The largest absolute Gasteiger partial charge is 0.350 e. The quantitative estimate of drug-likeness (QED) is 0.836. The second-order valence-corrected chi connectivity index (χ2v) is 4.97. The van der Waals surface area contributed by atoms with Crippen molar-refractivity contribution in [3.8, 4) is 0 Å². The lowest BCUT2D eigenvalue weighted by atomic mass is 9.98. The minimum Gasteiger partial charge on any atom is -0.350 e. The number of amides is 1. The Balaban J connectivity index is 1.94. The van der Waals surface area contributed by atoms with Crippen LogP contribution in [0.3, 0.4) is 0 Å².